The molecule has 1 unspecified atom stereocenters. The van der Waals surface area contributed by atoms with E-state index in [1.165, 1.54) is 6.33 Å². The Morgan fingerprint density at radius 1 is 1.17 bits per heavy atom. The molecule has 8 nitrogen and oxygen atoms in total. The van der Waals surface area contributed by atoms with Gasteiger partial charge in [-0.05, 0) is 45.2 Å². The summed E-state index contributed by atoms with van der Waals surface area (Å²) >= 11 is 0. The van der Waals surface area contributed by atoms with Gasteiger partial charge in [0.15, 0.2) is 0 Å². The number of nitrogens with one attached hydrogen (secondary N) is 1. The third-order valence-corrected chi connectivity index (χ3v) is 4.87. The van der Waals surface area contributed by atoms with Crippen LogP contribution in [0.15, 0.2) is 36.7 Å². The van der Waals surface area contributed by atoms with E-state index in [0.717, 1.165) is 22.5 Å². The Kier molecular flexibility index (Phi) is 6.76. The second kappa shape index (κ2) is 9.47. The van der Waals surface area contributed by atoms with Crippen molar-refractivity contribution in [1.82, 2.24) is 24.9 Å². The maximum atomic E-state index is 12.7. The van der Waals surface area contributed by atoms with Gasteiger partial charge in [-0.25, -0.2) is 9.50 Å². The zero-order chi connectivity index (χ0) is 21.7. The van der Waals surface area contributed by atoms with Gasteiger partial charge >= 0.3 is 5.97 Å². The van der Waals surface area contributed by atoms with Crippen molar-refractivity contribution < 1.29 is 14.3 Å². The quantitative estimate of drug-likeness (QED) is 0.575. The fourth-order valence-electron chi connectivity index (χ4n) is 3.44. The molecule has 1 amide bonds. The van der Waals surface area contributed by atoms with Crippen LogP contribution in [0.1, 0.15) is 55.2 Å². The van der Waals surface area contributed by atoms with Crippen LogP contribution < -0.4 is 5.32 Å². The molecule has 1 aromatic carbocycles. The Labute approximate surface area is 175 Å². The van der Waals surface area contributed by atoms with Gasteiger partial charge in [-0.2, -0.15) is 10.1 Å². The van der Waals surface area contributed by atoms with Gasteiger partial charge in [0.05, 0.1) is 18.6 Å². The standard InChI is InChI=1S/C22H27N5O3/c1-14(2)30-21(29)12-19(17-8-6-5-7-9-17)26-20(28)11-10-18-15(3)25-22-23-13-24-27(22)16(18)4/h5-9,13-14,19H,10-12H2,1-4H3,(H,26,28). The van der Waals surface area contributed by atoms with Crippen molar-refractivity contribution in [3.8, 4) is 0 Å². The first-order valence-corrected chi connectivity index (χ1v) is 10.0. The predicted molar refractivity (Wildman–Crippen MR) is 112 cm³/mol. The van der Waals surface area contributed by atoms with E-state index < -0.39 is 6.04 Å². The molecule has 0 saturated heterocycles. The summed E-state index contributed by atoms with van der Waals surface area (Å²) in [5.74, 6) is 0.0661. The molecule has 3 rings (SSSR count). The predicted octanol–water partition coefficient (Wildman–Crippen LogP) is 2.87. The number of esters is 1. The molecular formula is C22H27N5O3. The van der Waals surface area contributed by atoms with Crippen molar-refractivity contribution in [3.05, 3.63) is 59.2 Å². The third kappa shape index (κ3) is 5.20. The first-order valence-electron chi connectivity index (χ1n) is 10.0. The lowest BCUT2D eigenvalue weighted by Gasteiger charge is -2.20. The molecule has 0 radical (unpaired) electrons. The summed E-state index contributed by atoms with van der Waals surface area (Å²) < 4.78 is 6.94. The molecule has 3 aromatic rings. The maximum Gasteiger partial charge on any atom is 0.308 e. The fraction of sp³-hybridized carbons (Fsp3) is 0.409. The summed E-state index contributed by atoms with van der Waals surface area (Å²) in [6, 6.07) is 9.01. The van der Waals surface area contributed by atoms with E-state index in [4.69, 9.17) is 4.74 Å². The summed E-state index contributed by atoms with van der Waals surface area (Å²) in [5.41, 5.74) is 3.59. The highest BCUT2D eigenvalue weighted by Crippen LogP contribution is 2.19. The number of aromatic nitrogens is 4. The molecule has 0 aliphatic heterocycles. The molecule has 0 saturated carbocycles. The van der Waals surface area contributed by atoms with E-state index in [-0.39, 0.29) is 30.8 Å². The van der Waals surface area contributed by atoms with Crippen LogP contribution in [-0.4, -0.2) is 37.6 Å². The van der Waals surface area contributed by atoms with E-state index in [1.807, 2.05) is 44.2 Å². The number of amides is 1. The highest BCUT2D eigenvalue weighted by molar-refractivity contribution is 5.78. The van der Waals surface area contributed by atoms with E-state index >= 15 is 0 Å². The van der Waals surface area contributed by atoms with Gasteiger partial charge in [-0.1, -0.05) is 30.3 Å². The lowest BCUT2D eigenvalue weighted by Crippen LogP contribution is -2.31. The van der Waals surface area contributed by atoms with E-state index in [1.54, 1.807) is 18.4 Å². The van der Waals surface area contributed by atoms with Crippen molar-refractivity contribution in [3.63, 3.8) is 0 Å². The monoisotopic (exact) mass is 409 g/mol. The number of rotatable bonds is 8. The van der Waals surface area contributed by atoms with Gasteiger partial charge in [0.2, 0.25) is 5.91 Å². The van der Waals surface area contributed by atoms with Crippen molar-refractivity contribution in [2.24, 2.45) is 0 Å². The van der Waals surface area contributed by atoms with Crippen LogP contribution >= 0.6 is 0 Å². The second-order valence-electron chi connectivity index (χ2n) is 7.51. The number of hydrogen-bond donors (Lipinski definition) is 1. The van der Waals surface area contributed by atoms with E-state index in [9.17, 15) is 9.59 Å². The number of carbonyl (C=O) groups is 2. The van der Waals surface area contributed by atoms with Gasteiger partial charge in [-0.3, -0.25) is 9.59 Å². The van der Waals surface area contributed by atoms with Crippen molar-refractivity contribution in [2.45, 2.75) is 59.1 Å². The average Bonchev–Trinajstić information content (AvgIpc) is 3.16. The van der Waals surface area contributed by atoms with Crippen LogP contribution in [0.25, 0.3) is 5.78 Å². The smallest absolute Gasteiger partial charge is 0.308 e. The third-order valence-electron chi connectivity index (χ3n) is 4.87. The van der Waals surface area contributed by atoms with Gasteiger partial charge in [0.1, 0.15) is 6.33 Å². The first kappa shape index (κ1) is 21.4. The molecule has 0 aliphatic rings. The Morgan fingerprint density at radius 2 is 1.90 bits per heavy atom. The Morgan fingerprint density at radius 3 is 2.60 bits per heavy atom. The normalized spacial score (nSPS) is 12.2. The van der Waals surface area contributed by atoms with Crippen molar-refractivity contribution in [1.29, 1.82) is 0 Å². The molecule has 30 heavy (non-hydrogen) atoms. The molecule has 0 fully saturated rings. The minimum absolute atomic E-state index is 0.0818. The number of fused-ring (bicyclic) bond motifs is 1. The molecule has 2 aromatic heterocycles. The summed E-state index contributed by atoms with van der Waals surface area (Å²) in [5, 5.41) is 7.17. The number of hydrogen-bond acceptors (Lipinski definition) is 6. The molecule has 2 heterocycles. The molecule has 0 aliphatic carbocycles. The maximum absolute atomic E-state index is 12.7. The SMILES string of the molecule is Cc1nc2ncnn2c(C)c1CCC(=O)NC(CC(=O)OC(C)C)c1ccccc1. The minimum atomic E-state index is -0.442. The van der Waals surface area contributed by atoms with Crippen molar-refractivity contribution in [2.75, 3.05) is 0 Å². The Bertz CT molecular complexity index is 1030. The lowest BCUT2D eigenvalue weighted by molar-refractivity contribution is -0.148. The number of aryl methyl sites for hydroxylation is 2. The van der Waals surface area contributed by atoms with E-state index in [0.29, 0.717) is 12.2 Å². The van der Waals surface area contributed by atoms with Crippen LogP contribution in [0.3, 0.4) is 0 Å². The summed E-state index contributed by atoms with van der Waals surface area (Å²) in [6.45, 7) is 7.46. The first-order chi connectivity index (χ1) is 14.3. The van der Waals surface area contributed by atoms with Gasteiger partial charge in [0, 0.05) is 17.8 Å². The molecule has 1 atom stereocenters. The van der Waals surface area contributed by atoms with Gasteiger partial charge in [0.25, 0.3) is 5.78 Å². The summed E-state index contributed by atoms with van der Waals surface area (Å²) in [7, 11) is 0. The number of ether oxygens (including phenoxy) is 1. The summed E-state index contributed by atoms with van der Waals surface area (Å²) in [4.78, 5) is 33.5. The topological polar surface area (TPSA) is 98.5 Å². The molecule has 0 spiro atoms. The average molecular weight is 409 g/mol. The van der Waals surface area contributed by atoms with Crippen LogP contribution in [0.2, 0.25) is 0 Å². The highest BCUT2D eigenvalue weighted by atomic mass is 16.5. The van der Waals surface area contributed by atoms with Gasteiger partial charge in [-0.15, -0.1) is 0 Å². The number of benzene rings is 1. The van der Waals surface area contributed by atoms with Crippen LogP contribution in [0, 0.1) is 13.8 Å². The molecule has 8 heteroatoms. The Balaban J connectivity index is 1.69. The Hall–Kier alpha value is -3.29. The second-order valence-corrected chi connectivity index (χ2v) is 7.51. The zero-order valence-corrected chi connectivity index (χ0v) is 17.8. The lowest BCUT2D eigenvalue weighted by atomic mass is 10.0. The fourth-order valence-corrected chi connectivity index (χ4v) is 3.44. The van der Waals surface area contributed by atoms with Crippen LogP contribution in [-0.2, 0) is 20.7 Å². The molecule has 1 N–H and O–H groups in total. The molecule has 0 bridgehead atoms. The highest BCUT2D eigenvalue weighted by Gasteiger charge is 2.20. The van der Waals surface area contributed by atoms with Gasteiger partial charge < -0.3 is 10.1 Å². The van der Waals surface area contributed by atoms with Crippen molar-refractivity contribution >= 4 is 17.7 Å². The molecular weight excluding hydrogens is 382 g/mol. The number of carbonyl (C=O) groups excluding carboxylic acids is 2. The van der Waals surface area contributed by atoms with Crippen LogP contribution in [0.5, 0.6) is 0 Å². The van der Waals surface area contributed by atoms with Crippen LogP contribution in [0.4, 0.5) is 0 Å². The molecule has 158 valence electrons. The number of nitrogens with zero attached hydrogens (tertiary/aromatic N) is 4. The van der Waals surface area contributed by atoms with E-state index in [2.05, 4.69) is 20.4 Å². The summed E-state index contributed by atoms with van der Waals surface area (Å²) in [6.07, 6.45) is 2.13. The minimum Gasteiger partial charge on any atom is -0.463 e. The largest absolute Gasteiger partial charge is 0.463 e. The zero-order valence-electron chi connectivity index (χ0n) is 17.8.